The van der Waals surface area contributed by atoms with Gasteiger partial charge in [0.05, 0.1) is 19.8 Å². The number of nitrogens with one attached hydrogen (secondary N) is 1. The van der Waals surface area contributed by atoms with E-state index in [1.165, 1.54) is 0 Å². The number of aromatic nitrogens is 1. The molecule has 96 valence electrons. The summed E-state index contributed by atoms with van der Waals surface area (Å²) < 4.78 is 15.6. The van der Waals surface area contributed by atoms with Crippen molar-refractivity contribution in [3.63, 3.8) is 0 Å². The van der Waals surface area contributed by atoms with E-state index in [2.05, 4.69) is 10.3 Å². The molecular formula is C12H20N2O3. The van der Waals surface area contributed by atoms with E-state index >= 15 is 0 Å². The molecule has 0 aliphatic carbocycles. The van der Waals surface area contributed by atoms with Gasteiger partial charge in [-0.05, 0) is 13.0 Å². The van der Waals surface area contributed by atoms with E-state index in [4.69, 9.17) is 14.2 Å². The molecule has 0 aromatic carbocycles. The van der Waals surface area contributed by atoms with Crippen molar-refractivity contribution in [1.82, 2.24) is 4.98 Å². The number of methoxy groups -OCH3 is 1. The predicted octanol–water partition coefficient (Wildman–Crippen LogP) is 1.56. The molecule has 0 aliphatic heterocycles. The highest BCUT2D eigenvalue weighted by atomic mass is 16.5. The minimum absolute atomic E-state index is 0.492. The van der Waals surface area contributed by atoms with Crippen LogP contribution in [0.5, 0.6) is 5.88 Å². The number of nitrogens with zero attached hydrogens (tertiary/aromatic N) is 1. The number of hydrogen-bond donors (Lipinski definition) is 1. The van der Waals surface area contributed by atoms with Crippen LogP contribution in [0.1, 0.15) is 6.92 Å². The van der Waals surface area contributed by atoms with Crippen LogP contribution in [-0.4, -0.2) is 45.1 Å². The summed E-state index contributed by atoms with van der Waals surface area (Å²) in [6.07, 6.45) is 0. The quantitative estimate of drug-likeness (QED) is 0.664. The minimum atomic E-state index is 0.492. The molecule has 0 bridgehead atoms. The van der Waals surface area contributed by atoms with Gasteiger partial charge in [0.25, 0.3) is 0 Å². The lowest BCUT2D eigenvalue weighted by molar-refractivity contribution is 0.0537. The van der Waals surface area contributed by atoms with Gasteiger partial charge in [-0.25, -0.2) is 0 Å². The average molecular weight is 240 g/mol. The molecule has 1 aromatic heterocycles. The Balaban J connectivity index is 2.19. The van der Waals surface area contributed by atoms with Crippen molar-refractivity contribution in [2.24, 2.45) is 0 Å². The summed E-state index contributed by atoms with van der Waals surface area (Å²) in [4.78, 5) is 4.28. The molecule has 1 aromatic rings. The van der Waals surface area contributed by atoms with E-state index in [-0.39, 0.29) is 0 Å². The molecule has 5 heteroatoms. The van der Waals surface area contributed by atoms with E-state index in [0.717, 1.165) is 12.4 Å². The highest BCUT2D eigenvalue weighted by molar-refractivity contribution is 5.36. The Bertz CT molecular complexity index is 308. The van der Waals surface area contributed by atoms with Gasteiger partial charge in [-0.1, -0.05) is 6.07 Å². The van der Waals surface area contributed by atoms with Gasteiger partial charge in [0, 0.05) is 19.7 Å². The molecule has 1 N–H and O–H groups in total. The van der Waals surface area contributed by atoms with Crippen molar-refractivity contribution in [3.05, 3.63) is 18.2 Å². The zero-order valence-electron chi connectivity index (χ0n) is 10.4. The van der Waals surface area contributed by atoms with Crippen molar-refractivity contribution in [1.29, 1.82) is 0 Å². The third-order valence-corrected chi connectivity index (χ3v) is 1.99. The zero-order valence-corrected chi connectivity index (χ0v) is 10.4. The van der Waals surface area contributed by atoms with E-state index in [9.17, 15) is 0 Å². The van der Waals surface area contributed by atoms with Crippen LogP contribution >= 0.6 is 0 Å². The fraction of sp³-hybridized carbons (Fsp3) is 0.583. The highest BCUT2D eigenvalue weighted by Gasteiger charge is 1.97. The Morgan fingerprint density at radius 3 is 2.76 bits per heavy atom. The lowest BCUT2D eigenvalue weighted by Crippen LogP contribution is -2.10. The van der Waals surface area contributed by atoms with Crippen LogP contribution in [0.2, 0.25) is 0 Å². The summed E-state index contributed by atoms with van der Waals surface area (Å²) in [5, 5.41) is 3.13. The van der Waals surface area contributed by atoms with Crippen LogP contribution in [0, 0.1) is 0 Å². The first kappa shape index (κ1) is 13.7. The number of rotatable bonds is 9. The maximum absolute atomic E-state index is 5.46. The fourth-order valence-electron chi connectivity index (χ4n) is 1.22. The van der Waals surface area contributed by atoms with Gasteiger partial charge in [0.2, 0.25) is 5.88 Å². The van der Waals surface area contributed by atoms with E-state index in [0.29, 0.717) is 32.3 Å². The minimum Gasteiger partial charge on any atom is -0.475 e. The maximum atomic E-state index is 5.46. The van der Waals surface area contributed by atoms with Crippen molar-refractivity contribution < 1.29 is 14.2 Å². The van der Waals surface area contributed by atoms with Crippen LogP contribution in [0.4, 0.5) is 5.82 Å². The number of anilines is 1. The van der Waals surface area contributed by atoms with Gasteiger partial charge >= 0.3 is 0 Å². The van der Waals surface area contributed by atoms with Gasteiger partial charge in [0.15, 0.2) is 0 Å². The summed E-state index contributed by atoms with van der Waals surface area (Å²) in [6.45, 7) is 5.09. The molecule has 0 fully saturated rings. The van der Waals surface area contributed by atoms with Gasteiger partial charge in [0.1, 0.15) is 12.4 Å². The van der Waals surface area contributed by atoms with Crippen LogP contribution in [0.3, 0.4) is 0 Å². The molecule has 0 atom stereocenters. The monoisotopic (exact) mass is 240 g/mol. The summed E-state index contributed by atoms with van der Waals surface area (Å²) in [7, 11) is 1.65. The second-order valence-corrected chi connectivity index (χ2v) is 3.35. The Hall–Kier alpha value is -1.33. The lowest BCUT2D eigenvalue weighted by Gasteiger charge is -2.08. The molecule has 0 amide bonds. The first-order chi connectivity index (χ1) is 8.36. The standard InChI is InChI=1S/C12H20N2O3/c1-3-13-11-5-4-6-12(14-11)17-10-9-16-8-7-15-2/h4-6H,3,7-10H2,1-2H3,(H,13,14). The molecule has 0 spiro atoms. The Labute approximate surface area is 102 Å². The molecule has 5 nitrogen and oxygen atoms in total. The van der Waals surface area contributed by atoms with E-state index < -0.39 is 0 Å². The predicted molar refractivity (Wildman–Crippen MR) is 66.6 cm³/mol. The third kappa shape index (κ3) is 6.09. The second-order valence-electron chi connectivity index (χ2n) is 3.35. The smallest absolute Gasteiger partial charge is 0.215 e. The molecule has 1 heterocycles. The summed E-state index contributed by atoms with van der Waals surface area (Å²) in [5.41, 5.74) is 0. The molecule has 0 radical (unpaired) electrons. The molecule has 0 saturated carbocycles. The van der Waals surface area contributed by atoms with Gasteiger partial charge < -0.3 is 19.5 Å². The van der Waals surface area contributed by atoms with Crippen LogP contribution in [0.25, 0.3) is 0 Å². The molecule has 0 aliphatic rings. The number of pyridine rings is 1. The molecule has 1 rings (SSSR count). The summed E-state index contributed by atoms with van der Waals surface area (Å²) in [6, 6.07) is 5.65. The maximum Gasteiger partial charge on any atom is 0.215 e. The van der Waals surface area contributed by atoms with Crippen molar-refractivity contribution in [3.8, 4) is 5.88 Å². The zero-order chi connectivity index (χ0) is 12.3. The van der Waals surface area contributed by atoms with Gasteiger partial charge in [-0.15, -0.1) is 0 Å². The van der Waals surface area contributed by atoms with Gasteiger partial charge in [-0.2, -0.15) is 4.98 Å². The van der Waals surface area contributed by atoms with Crippen LogP contribution < -0.4 is 10.1 Å². The van der Waals surface area contributed by atoms with Crippen LogP contribution in [-0.2, 0) is 9.47 Å². The summed E-state index contributed by atoms with van der Waals surface area (Å²) in [5.74, 6) is 1.43. The Morgan fingerprint density at radius 2 is 2.00 bits per heavy atom. The Kier molecular flexibility index (Phi) is 7.09. The molecule has 17 heavy (non-hydrogen) atoms. The summed E-state index contributed by atoms with van der Waals surface area (Å²) >= 11 is 0. The average Bonchev–Trinajstić information content (AvgIpc) is 2.35. The first-order valence-corrected chi connectivity index (χ1v) is 5.77. The van der Waals surface area contributed by atoms with Crippen molar-refractivity contribution >= 4 is 5.82 Å². The molecule has 0 saturated heterocycles. The van der Waals surface area contributed by atoms with Crippen molar-refractivity contribution in [2.75, 3.05) is 45.4 Å². The Morgan fingerprint density at radius 1 is 1.18 bits per heavy atom. The topological polar surface area (TPSA) is 52.6 Å². The van der Waals surface area contributed by atoms with Crippen LogP contribution in [0.15, 0.2) is 18.2 Å². The lowest BCUT2D eigenvalue weighted by atomic mass is 10.4. The first-order valence-electron chi connectivity index (χ1n) is 5.77. The highest BCUT2D eigenvalue weighted by Crippen LogP contribution is 2.10. The van der Waals surface area contributed by atoms with Crippen molar-refractivity contribution in [2.45, 2.75) is 6.92 Å². The number of ether oxygens (including phenoxy) is 3. The largest absolute Gasteiger partial charge is 0.475 e. The fourth-order valence-corrected chi connectivity index (χ4v) is 1.22. The van der Waals surface area contributed by atoms with Gasteiger partial charge in [-0.3, -0.25) is 0 Å². The normalized spacial score (nSPS) is 10.2. The van der Waals surface area contributed by atoms with E-state index in [1.807, 2.05) is 25.1 Å². The van der Waals surface area contributed by atoms with E-state index in [1.54, 1.807) is 7.11 Å². The SMILES string of the molecule is CCNc1cccc(OCCOCCOC)n1. The molecule has 0 unspecified atom stereocenters. The molecular weight excluding hydrogens is 220 g/mol. The number of hydrogen-bond acceptors (Lipinski definition) is 5. The third-order valence-electron chi connectivity index (χ3n) is 1.99. The second kappa shape index (κ2) is 8.78.